The summed E-state index contributed by atoms with van der Waals surface area (Å²) in [6.45, 7) is 5.88. The highest BCUT2D eigenvalue weighted by atomic mass is 79.9. The monoisotopic (exact) mass is 328 g/mol. The Balaban J connectivity index is 1.88. The Kier molecular flexibility index (Phi) is 3.57. The lowest BCUT2D eigenvalue weighted by Crippen LogP contribution is -2.55. The largest absolute Gasteiger partial charge is 0.365 e. The van der Waals surface area contributed by atoms with Crippen molar-refractivity contribution in [3.05, 3.63) is 27.7 Å². The van der Waals surface area contributed by atoms with Crippen molar-refractivity contribution in [2.75, 3.05) is 24.5 Å². The molecule has 1 aromatic carbocycles. The van der Waals surface area contributed by atoms with Crippen LogP contribution in [-0.4, -0.2) is 36.6 Å². The van der Waals surface area contributed by atoms with Crippen molar-refractivity contribution < 1.29 is 0 Å². The van der Waals surface area contributed by atoms with Gasteiger partial charge in [0.15, 0.2) is 0 Å². The molecule has 0 spiro atoms. The molecule has 98 valence electrons. The summed E-state index contributed by atoms with van der Waals surface area (Å²) in [5.74, 6) is 0. The smallest absolute Gasteiger partial charge is 0.0528 e. The third-order valence-electron chi connectivity index (χ3n) is 4.15. The highest BCUT2D eigenvalue weighted by Gasteiger charge is 2.34. The van der Waals surface area contributed by atoms with Crippen LogP contribution in [0.25, 0.3) is 0 Å². The fourth-order valence-electron chi connectivity index (χ4n) is 3.23. The third-order valence-corrected chi connectivity index (χ3v) is 5.06. The molecule has 2 nitrogen and oxygen atoms in total. The maximum atomic E-state index is 6.14. The van der Waals surface area contributed by atoms with Crippen molar-refractivity contribution >= 4 is 33.2 Å². The van der Waals surface area contributed by atoms with Crippen molar-refractivity contribution in [2.45, 2.75) is 31.8 Å². The number of halogens is 2. The molecular formula is C14H18BrClN2. The average Bonchev–Trinajstić information content (AvgIpc) is 2.78. The molecule has 2 heterocycles. The third kappa shape index (κ3) is 2.28. The van der Waals surface area contributed by atoms with Crippen LogP contribution in [0.1, 0.15) is 19.8 Å². The van der Waals surface area contributed by atoms with Crippen LogP contribution in [0, 0.1) is 0 Å². The summed E-state index contributed by atoms with van der Waals surface area (Å²) in [7, 11) is 0. The Labute approximate surface area is 122 Å². The zero-order chi connectivity index (χ0) is 12.7. The lowest BCUT2D eigenvalue weighted by Gasteiger charge is -2.44. The summed E-state index contributed by atoms with van der Waals surface area (Å²) in [4.78, 5) is 5.14. The minimum absolute atomic E-state index is 0.550. The molecule has 0 N–H and O–H groups in total. The van der Waals surface area contributed by atoms with Crippen LogP contribution < -0.4 is 4.90 Å². The minimum Gasteiger partial charge on any atom is -0.365 e. The van der Waals surface area contributed by atoms with Gasteiger partial charge in [-0.05, 0) is 60.4 Å². The van der Waals surface area contributed by atoms with Crippen LogP contribution >= 0.6 is 27.5 Å². The van der Waals surface area contributed by atoms with E-state index in [0.29, 0.717) is 6.04 Å². The summed E-state index contributed by atoms with van der Waals surface area (Å²) in [5, 5.41) is 0.814. The van der Waals surface area contributed by atoms with Gasteiger partial charge < -0.3 is 4.90 Å². The molecule has 2 aliphatic heterocycles. The Morgan fingerprint density at radius 2 is 2.17 bits per heavy atom. The fraction of sp³-hybridized carbons (Fsp3) is 0.571. The molecule has 1 aromatic rings. The molecule has 0 aromatic heterocycles. The SMILES string of the molecule is CC1CN2CCCC2CN1c1cc(Cl)ccc1Br. The first-order valence-electron chi connectivity index (χ1n) is 6.61. The number of hydrogen-bond donors (Lipinski definition) is 0. The first-order chi connectivity index (χ1) is 8.65. The molecule has 3 rings (SSSR count). The second-order valence-corrected chi connectivity index (χ2v) is 6.68. The van der Waals surface area contributed by atoms with E-state index in [1.807, 2.05) is 12.1 Å². The van der Waals surface area contributed by atoms with Crippen molar-refractivity contribution in [3.63, 3.8) is 0 Å². The van der Waals surface area contributed by atoms with Gasteiger partial charge in [-0.25, -0.2) is 0 Å². The number of piperazine rings is 1. The normalized spacial score (nSPS) is 28.5. The molecule has 2 unspecified atom stereocenters. The van der Waals surface area contributed by atoms with Gasteiger partial charge in [-0.2, -0.15) is 0 Å². The molecule has 0 amide bonds. The molecular weight excluding hydrogens is 312 g/mol. The van der Waals surface area contributed by atoms with E-state index in [1.165, 1.54) is 31.6 Å². The number of hydrogen-bond acceptors (Lipinski definition) is 2. The van der Waals surface area contributed by atoms with Crippen LogP contribution in [0.2, 0.25) is 5.02 Å². The zero-order valence-electron chi connectivity index (χ0n) is 10.6. The predicted octanol–water partition coefficient (Wildman–Crippen LogP) is 3.78. The van der Waals surface area contributed by atoms with E-state index in [9.17, 15) is 0 Å². The van der Waals surface area contributed by atoms with E-state index in [4.69, 9.17) is 11.6 Å². The van der Waals surface area contributed by atoms with Crippen LogP contribution in [-0.2, 0) is 0 Å². The van der Waals surface area contributed by atoms with Gasteiger partial charge in [0.1, 0.15) is 0 Å². The van der Waals surface area contributed by atoms with Gasteiger partial charge in [-0.3, -0.25) is 4.90 Å². The molecule has 2 saturated heterocycles. The van der Waals surface area contributed by atoms with Gasteiger partial charge in [-0.15, -0.1) is 0 Å². The van der Waals surface area contributed by atoms with Crippen LogP contribution in [0.5, 0.6) is 0 Å². The van der Waals surface area contributed by atoms with Crippen molar-refractivity contribution in [1.29, 1.82) is 0 Å². The first-order valence-corrected chi connectivity index (χ1v) is 7.78. The Hall–Kier alpha value is -0.250. The van der Waals surface area contributed by atoms with E-state index in [1.54, 1.807) is 0 Å². The van der Waals surface area contributed by atoms with Gasteiger partial charge in [0.05, 0.1) is 5.69 Å². The summed E-state index contributed by atoms with van der Waals surface area (Å²) >= 11 is 9.79. The molecule has 0 aliphatic carbocycles. The van der Waals surface area contributed by atoms with Gasteiger partial charge >= 0.3 is 0 Å². The number of fused-ring (bicyclic) bond motifs is 1. The summed E-state index contributed by atoms with van der Waals surface area (Å²) in [5.41, 5.74) is 1.24. The molecule has 18 heavy (non-hydrogen) atoms. The average molecular weight is 330 g/mol. The van der Waals surface area contributed by atoms with Crippen molar-refractivity contribution in [1.82, 2.24) is 4.90 Å². The predicted molar refractivity (Wildman–Crippen MR) is 80.6 cm³/mol. The standard InChI is InChI=1S/C14H18BrClN2/c1-10-8-17-6-2-3-12(17)9-18(10)14-7-11(16)4-5-13(14)15/h4-5,7,10,12H,2-3,6,8-9H2,1H3. The number of benzene rings is 1. The topological polar surface area (TPSA) is 6.48 Å². The highest BCUT2D eigenvalue weighted by Crippen LogP contribution is 2.34. The first kappa shape index (κ1) is 12.8. The molecule has 0 radical (unpaired) electrons. The van der Waals surface area contributed by atoms with Gasteiger partial charge in [-0.1, -0.05) is 11.6 Å². The summed E-state index contributed by atoms with van der Waals surface area (Å²) in [6.07, 6.45) is 2.68. The number of rotatable bonds is 1. The fourth-order valence-corrected chi connectivity index (χ4v) is 3.87. The quantitative estimate of drug-likeness (QED) is 0.774. The molecule has 2 atom stereocenters. The van der Waals surface area contributed by atoms with Crippen LogP contribution in [0.15, 0.2) is 22.7 Å². The van der Waals surface area contributed by atoms with Crippen molar-refractivity contribution in [3.8, 4) is 0 Å². The maximum absolute atomic E-state index is 6.14. The molecule has 0 saturated carbocycles. The van der Waals surface area contributed by atoms with Gasteiger partial charge in [0.25, 0.3) is 0 Å². The summed E-state index contributed by atoms with van der Waals surface area (Å²) < 4.78 is 1.14. The molecule has 0 bridgehead atoms. The maximum Gasteiger partial charge on any atom is 0.0528 e. The van der Waals surface area contributed by atoms with E-state index in [0.717, 1.165) is 22.1 Å². The zero-order valence-corrected chi connectivity index (χ0v) is 12.9. The van der Waals surface area contributed by atoms with E-state index in [2.05, 4.69) is 38.7 Å². The number of nitrogens with zero attached hydrogens (tertiary/aromatic N) is 2. The van der Waals surface area contributed by atoms with Gasteiger partial charge in [0, 0.05) is 34.7 Å². The molecule has 4 heteroatoms. The lowest BCUT2D eigenvalue weighted by molar-refractivity contribution is 0.203. The summed E-state index contributed by atoms with van der Waals surface area (Å²) in [6, 6.07) is 7.34. The van der Waals surface area contributed by atoms with Gasteiger partial charge in [0.2, 0.25) is 0 Å². The lowest BCUT2D eigenvalue weighted by atomic mass is 10.1. The Bertz CT molecular complexity index is 451. The Morgan fingerprint density at radius 1 is 1.33 bits per heavy atom. The minimum atomic E-state index is 0.550. The van der Waals surface area contributed by atoms with E-state index < -0.39 is 0 Å². The van der Waals surface area contributed by atoms with Crippen LogP contribution in [0.3, 0.4) is 0 Å². The van der Waals surface area contributed by atoms with E-state index in [-0.39, 0.29) is 0 Å². The van der Waals surface area contributed by atoms with Crippen LogP contribution in [0.4, 0.5) is 5.69 Å². The molecule has 2 fully saturated rings. The van der Waals surface area contributed by atoms with Crippen molar-refractivity contribution in [2.24, 2.45) is 0 Å². The van der Waals surface area contributed by atoms with E-state index >= 15 is 0 Å². The molecule has 2 aliphatic rings. The Morgan fingerprint density at radius 3 is 3.00 bits per heavy atom. The second kappa shape index (κ2) is 5.03. The highest BCUT2D eigenvalue weighted by molar-refractivity contribution is 9.10. The number of anilines is 1. The second-order valence-electron chi connectivity index (χ2n) is 5.39.